The summed E-state index contributed by atoms with van der Waals surface area (Å²) in [6, 6.07) is 22.2. The van der Waals surface area contributed by atoms with Gasteiger partial charge in [-0.15, -0.1) is 0 Å². The number of nitrogens with zero attached hydrogens (tertiary/aromatic N) is 2. The predicted molar refractivity (Wildman–Crippen MR) is 80.7 cm³/mol. The van der Waals surface area contributed by atoms with E-state index < -0.39 is 0 Å². The summed E-state index contributed by atoms with van der Waals surface area (Å²) in [7, 11) is 0. The van der Waals surface area contributed by atoms with Crippen LogP contribution in [-0.4, -0.2) is 0 Å². The molecule has 0 unspecified atom stereocenters. The molecular formula is C18H10N2. The number of rotatable bonds is 1. The Morgan fingerprint density at radius 1 is 0.750 bits per heavy atom. The fourth-order valence-electron chi connectivity index (χ4n) is 2.30. The molecular weight excluding hydrogens is 244 g/mol. The van der Waals surface area contributed by atoms with Crippen LogP contribution >= 0.6 is 0 Å². The molecule has 2 heteroatoms. The fraction of sp³-hybridized carbons (Fsp3) is 0. The highest BCUT2D eigenvalue weighted by Gasteiger charge is 2.00. The zero-order valence-corrected chi connectivity index (χ0v) is 10.7. The van der Waals surface area contributed by atoms with Gasteiger partial charge in [-0.3, -0.25) is 0 Å². The number of nitriles is 2. The molecule has 3 aromatic rings. The molecule has 0 bridgehead atoms. The average Bonchev–Trinajstić information content (AvgIpc) is 2.50. The van der Waals surface area contributed by atoms with E-state index in [4.69, 9.17) is 10.5 Å². The summed E-state index contributed by atoms with van der Waals surface area (Å²) >= 11 is 0. The minimum Gasteiger partial charge on any atom is -0.192 e. The van der Waals surface area contributed by atoms with E-state index in [9.17, 15) is 0 Å². The van der Waals surface area contributed by atoms with Gasteiger partial charge in [-0.25, -0.2) is 0 Å². The zero-order valence-electron chi connectivity index (χ0n) is 10.7. The molecule has 3 aromatic carbocycles. The first-order valence-electron chi connectivity index (χ1n) is 6.24. The van der Waals surface area contributed by atoms with Crippen molar-refractivity contribution in [1.29, 1.82) is 10.5 Å². The van der Waals surface area contributed by atoms with E-state index in [0.29, 0.717) is 0 Å². The summed E-state index contributed by atoms with van der Waals surface area (Å²) in [5, 5.41) is 22.2. The van der Waals surface area contributed by atoms with Gasteiger partial charge < -0.3 is 0 Å². The van der Waals surface area contributed by atoms with E-state index >= 15 is 0 Å². The Balaban J connectivity index is 2.21. The SMILES string of the molecule is N#CC(C#N)=Cc1ccc2cc3ccccc3cc2c1. The number of hydrogen-bond donors (Lipinski definition) is 0. The zero-order chi connectivity index (χ0) is 13.9. The fourth-order valence-corrected chi connectivity index (χ4v) is 2.30. The van der Waals surface area contributed by atoms with E-state index in [0.717, 1.165) is 16.3 Å². The van der Waals surface area contributed by atoms with Crippen LogP contribution in [0.1, 0.15) is 5.56 Å². The summed E-state index contributed by atoms with van der Waals surface area (Å²) in [5.74, 6) is 0. The Bertz CT molecular complexity index is 905. The minimum atomic E-state index is 0.116. The van der Waals surface area contributed by atoms with Crippen LogP contribution in [0.2, 0.25) is 0 Å². The molecule has 0 N–H and O–H groups in total. The van der Waals surface area contributed by atoms with Crippen LogP contribution in [0.5, 0.6) is 0 Å². The highest BCUT2D eigenvalue weighted by Crippen LogP contribution is 2.24. The molecule has 0 aromatic heterocycles. The maximum Gasteiger partial charge on any atom is 0.130 e. The van der Waals surface area contributed by atoms with E-state index in [1.165, 1.54) is 10.8 Å². The maximum absolute atomic E-state index is 8.80. The lowest BCUT2D eigenvalue weighted by Gasteiger charge is -2.03. The number of fused-ring (bicyclic) bond motifs is 2. The molecule has 20 heavy (non-hydrogen) atoms. The van der Waals surface area contributed by atoms with E-state index in [1.807, 2.05) is 42.5 Å². The second-order valence-corrected chi connectivity index (χ2v) is 4.59. The third-order valence-corrected chi connectivity index (χ3v) is 3.28. The largest absolute Gasteiger partial charge is 0.192 e. The van der Waals surface area contributed by atoms with E-state index in [2.05, 4.69) is 24.3 Å². The average molecular weight is 254 g/mol. The normalized spacial score (nSPS) is 9.90. The standard InChI is InChI=1S/C18H10N2/c19-11-14(12-20)7-13-5-6-17-9-15-3-1-2-4-16(15)10-18(17)8-13/h1-10H. The van der Waals surface area contributed by atoms with Gasteiger partial charge in [0.15, 0.2) is 0 Å². The lowest BCUT2D eigenvalue weighted by Crippen LogP contribution is -1.80. The first kappa shape index (κ1) is 12.0. The van der Waals surface area contributed by atoms with Crippen LogP contribution in [0.4, 0.5) is 0 Å². The highest BCUT2D eigenvalue weighted by molar-refractivity contribution is 5.98. The molecule has 92 valence electrons. The van der Waals surface area contributed by atoms with Crippen LogP contribution in [0.25, 0.3) is 27.6 Å². The quantitative estimate of drug-likeness (QED) is 0.476. The summed E-state index contributed by atoms with van der Waals surface area (Å²) in [5.41, 5.74) is 0.982. The Labute approximate surface area is 116 Å². The van der Waals surface area contributed by atoms with Crippen LogP contribution in [0.3, 0.4) is 0 Å². The lowest BCUT2D eigenvalue weighted by molar-refractivity contribution is 1.47. The molecule has 0 amide bonds. The van der Waals surface area contributed by atoms with Crippen molar-refractivity contribution in [1.82, 2.24) is 0 Å². The van der Waals surface area contributed by atoms with Gasteiger partial charge in [0.05, 0.1) is 0 Å². The molecule has 0 atom stereocenters. The molecule has 0 aliphatic carbocycles. The molecule has 0 aliphatic heterocycles. The first-order chi connectivity index (χ1) is 9.80. The van der Waals surface area contributed by atoms with Crippen molar-refractivity contribution in [3.63, 3.8) is 0 Å². The molecule has 0 fully saturated rings. The summed E-state index contributed by atoms with van der Waals surface area (Å²) in [6.45, 7) is 0. The molecule has 3 rings (SSSR count). The number of benzene rings is 3. The molecule has 0 aliphatic rings. The Morgan fingerprint density at radius 3 is 2.00 bits per heavy atom. The minimum absolute atomic E-state index is 0.116. The van der Waals surface area contributed by atoms with Gasteiger partial charge in [0.1, 0.15) is 17.7 Å². The van der Waals surface area contributed by atoms with Crippen molar-refractivity contribution in [3.05, 3.63) is 65.7 Å². The molecule has 0 saturated carbocycles. The Kier molecular flexibility index (Phi) is 2.92. The molecule has 2 nitrogen and oxygen atoms in total. The van der Waals surface area contributed by atoms with Gasteiger partial charge in [-0.05, 0) is 51.4 Å². The third kappa shape index (κ3) is 2.11. The van der Waals surface area contributed by atoms with E-state index in [1.54, 1.807) is 6.08 Å². The van der Waals surface area contributed by atoms with Crippen molar-refractivity contribution < 1.29 is 0 Å². The first-order valence-corrected chi connectivity index (χ1v) is 6.24. The number of allylic oxidation sites excluding steroid dienone is 1. The van der Waals surface area contributed by atoms with Crippen LogP contribution in [0, 0.1) is 22.7 Å². The van der Waals surface area contributed by atoms with Gasteiger partial charge in [0.2, 0.25) is 0 Å². The van der Waals surface area contributed by atoms with Crippen LogP contribution < -0.4 is 0 Å². The Hall–Kier alpha value is -3.10. The van der Waals surface area contributed by atoms with Gasteiger partial charge in [0.25, 0.3) is 0 Å². The molecule has 0 spiro atoms. The second-order valence-electron chi connectivity index (χ2n) is 4.59. The topological polar surface area (TPSA) is 47.6 Å². The van der Waals surface area contributed by atoms with Crippen molar-refractivity contribution in [2.75, 3.05) is 0 Å². The monoisotopic (exact) mass is 254 g/mol. The maximum atomic E-state index is 8.80. The molecule has 0 radical (unpaired) electrons. The van der Waals surface area contributed by atoms with Crippen molar-refractivity contribution in [2.45, 2.75) is 0 Å². The smallest absolute Gasteiger partial charge is 0.130 e. The summed E-state index contributed by atoms with van der Waals surface area (Å²) < 4.78 is 0. The molecule has 0 heterocycles. The van der Waals surface area contributed by atoms with Gasteiger partial charge in [-0.2, -0.15) is 10.5 Å². The van der Waals surface area contributed by atoms with Crippen LogP contribution in [-0.2, 0) is 0 Å². The highest BCUT2D eigenvalue weighted by atomic mass is 14.3. The van der Waals surface area contributed by atoms with Gasteiger partial charge in [0, 0.05) is 0 Å². The van der Waals surface area contributed by atoms with Gasteiger partial charge >= 0.3 is 0 Å². The van der Waals surface area contributed by atoms with Crippen molar-refractivity contribution in [2.24, 2.45) is 0 Å². The summed E-state index contributed by atoms with van der Waals surface area (Å²) in [4.78, 5) is 0. The van der Waals surface area contributed by atoms with Gasteiger partial charge in [-0.1, -0.05) is 36.4 Å². The van der Waals surface area contributed by atoms with Crippen molar-refractivity contribution in [3.8, 4) is 12.1 Å². The van der Waals surface area contributed by atoms with Crippen molar-refractivity contribution >= 4 is 27.6 Å². The Morgan fingerprint density at radius 2 is 1.35 bits per heavy atom. The summed E-state index contributed by atoms with van der Waals surface area (Å²) in [6.07, 6.45) is 1.61. The second kappa shape index (κ2) is 4.88. The van der Waals surface area contributed by atoms with E-state index in [-0.39, 0.29) is 5.57 Å². The molecule has 0 saturated heterocycles. The predicted octanol–water partition coefficient (Wildman–Crippen LogP) is 4.42. The van der Waals surface area contributed by atoms with Crippen LogP contribution in [0.15, 0.2) is 60.2 Å². The lowest BCUT2D eigenvalue weighted by atomic mass is 10.0. The third-order valence-electron chi connectivity index (χ3n) is 3.28. The number of hydrogen-bond acceptors (Lipinski definition) is 2.